The number of pyridine rings is 1. The fraction of sp³-hybridized carbons (Fsp3) is 0.421. The number of aryl methyl sites for hydroxylation is 1. The maximum atomic E-state index is 12.7. The number of alkyl halides is 3. The summed E-state index contributed by atoms with van der Waals surface area (Å²) < 4.78 is 41.6. The van der Waals surface area contributed by atoms with Gasteiger partial charge in [-0.3, -0.25) is 14.6 Å². The lowest BCUT2D eigenvalue weighted by atomic mass is 10.1. The minimum atomic E-state index is -4.47. The van der Waals surface area contributed by atoms with Crippen LogP contribution < -0.4 is 10.1 Å². The van der Waals surface area contributed by atoms with Gasteiger partial charge in [0.1, 0.15) is 0 Å². The van der Waals surface area contributed by atoms with E-state index in [4.69, 9.17) is 0 Å². The molecule has 1 N–H and O–H groups in total. The Morgan fingerprint density at radius 2 is 2.10 bits per heavy atom. The first kappa shape index (κ1) is 21.5. The number of hydrogen-bond donors (Lipinski definition) is 1. The molecule has 0 bridgehead atoms. The van der Waals surface area contributed by atoms with Crippen molar-refractivity contribution in [2.75, 3.05) is 13.2 Å². The van der Waals surface area contributed by atoms with Gasteiger partial charge < -0.3 is 15.0 Å². The molecule has 2 amide bonds. The Balaban J connectivity index is 1.71. The van der Waals surface area contributed by atoms with Gasteiger partial charge >= 0.3 is 6.18 Å². The normalized spacial score (nSPS) is 13.4. The standard InChI is InChI=1S/C19H20F3N5O3/c1-3-23-16(28)7-15-14-9-27(18(29)13(14)4-5-24-15)8-12-6-11(2)17(26-25-12)30-10-19(20,21)22/h4-6H,3,7-10H2,1-2H3,(H,23,28). The van der Waals surface area contributed by atoms with Crippen LogP contribution in [0.3, 0.4) is 0 Å². The van der Waals surface area contributed by atoms with Crippen LogP contribution in [0.5, 0.6) is 5.88 Å². The summed E-state index contributed by atoms with van der Waals surface area (Å²) in [6, 6.07) is 3.13. The molecular weight excluding hydrogens is 403 g/mol. The van der Waals surface area contributed by atoms with E-state index in [0.717, 1.165) is 0 Å². The highest BCUT2D eigenvalue weighted by atomic mass is 19.4. The quantitative estimate of drug-likeness (QED) is 0.731. The maximum absolute atomic E-state index is 12.7. The van der Waals surface area contributed by atoms with Crippen molar-refractivity contribution in [3.05, 3.63) is 46.4 Å². The highest BCUT2D eigenvalue weighted by Gasteiger charge is 2.31. The third-order valence-corrected chi connectivity index (χ3v) is 4.43. The number of nitrogens with one attached hydrogen (secondary N) is 1. The number of rotatable bonds is 7. The van der Waals surface area contributed by atoms with E-state index in [1.165, 1.54) is 17.2 Å². The van der Waals surface area contributed by atoms with E-state index >= 15 is 0 Å². The first-order valence-electron chi connectivity index (χ1n) is 9.23. The molecule has 2 aromatic heterocycles. The van der Waals surface area contributed by atoms with Crippen molar-refractivity contribution >= 4 is 11.8 Å². The van der Waals surface area contributed by atoms with Crippen LogP contribution in [0.25, 0.3) is 0 Å². The summed E-state index contributed by atoms with van der Waals surface area (Å²) >= 11 is 0. The summed E-state index contributed by atoms with van der Waals surface area (Å²) in [4.78, 5) is 30.4. The number of halogens is 3. The third kappa shape index (κ3) is 5.02. The van der Waals surface area contributed by atoms with Crippen molar-refractivity contribution < 1.29 is 27.5 Å². The molecule has 8 nitrogen and oxygen atoms in total. The smallest absolute Gasteiger partial charge is 0.422 e. The van der Waals surface area contributed by atoms with E-state index in [1.54, 1.807) is 13.0 Å². The molecule has 0 radical (unpaired) electrons. The molecular formula is C19H20F3N5O3. The van der Waals surface area contributed by atoms with Gasteiger partial charge in [-0.05, 0) is 26.0 Å². The fourth-order valence-electron chi connectivity index (χ4n) is 3.13. The van der Waals surface area contributed by atoms with Crippen LogP contribution in [-0.2, 0) is 24.3 Å². The Kier molecular flexibility index (Phi) is 6.18. The second-order valence-electron chi connectivity index (χ2n) is 6.80. The van der Waals surface area contributed by atoms with Crippen LogP contribution in [0.4, 0.5) is 13.2 Å². The van der Waals surface area contributed by atoms with Gasteiger partial charge in [-0.1, -0.05) is 0 Å². The maximum Gasteiger partial charge on any atom is 0.422 e. The van der Waals surface area contributed by atoms with E-state index in [1.807, 2.05) is 6.92 Å². The molecule has 2 aromatic rings. The average molecular weight is 423 g/mol. The molecule has 160 valence electrons. The van der Waals surface area contributed by atoms with Crippen LogP contribution >= 0.6 is 0 Å². The van der Waals surface area contributed by atoms with Gasteiger partial charge in [-0.2, -0.15) is 13.2 Å². The van der Waals surface area contributed by atoms with E-state index < -0.39 is 12.8 Å². The second-order valence-corrected chi connectivity index (χ2v) is 6.80. The second kappa shape index (κ2) is 8.64. The highest BCUT2D eigenvalue weighted by Crippen LogP contribution is 2.27. The number of amides is 2. The molecule has 11 heteroatoms. The summed E-state index contributed by atoms with van der Waals surface area (Å²) in [7, 11) is 0. The zero-order valence-corrected chi connectivity index (χ0v) is 16.4. The molecule has 3 heterocycles. The number of hydrogen-bond acceptors (Lipinski definition) is 6. The fourth-order valence-corrected chi connectivity index (χ4v) is 3.13. The number of nitrogens with zero attached hydrogens (tertiary/aromatic N) is 4. The molecule has 30 heavy (non-hydrogen) atoms. The lowest BCUT2D eigenvalue weighted by Gasteiger charge is -2.16. The molecule has 0 saturated heterocycles. The van der Waals surface area contributed by atoms with Crippen LogP contribution in [0.1, 0.15) is 39.8 Å². The molecule has 3 rings (SSSR count). The van der Waals surface area contributed by atoms with Gasteiger partial charge in [-0.25, -0.2) is 0 Å². The third-order valence-electron chi connectivity index (χ3n) is 4.43. The Labute approximate surface area is 170 Å². The zero-order valence-electron chi connectivity index (χ0n) is 16.4. The van der Waals surface area contributed by atoms with Gasteiger partial charge in [0.15, 0.2) is 6.61 Å². The van der Waals surface area contributed by atoms with Crippen LogP contribution in [0.15, 0.2) is 18.3 Å². The Morgan fingerprint density at radius 1 is 1.33 bits per heavy atom. The molecule has 0 aromatic carbocycles. The number of carbonyl (C=O) groups excluding carboxylic acids is 2. The minimum Gasteiger partial charge on any atom is -0.467 e. The number of carbonyl (C=O) groups is 2. The van der Waals surface area contributed by atoms with Gasteiger partial charge in [0.05, 0.1) is 24.4 Å². The molecule has 0 fully saturated rings. The number of likely N-dealkylation sites (N-methyl/N-ethyl adjacent to an activating group) is 1. The first-order valence-corrected chi connectivity index (χ1v) is 9.23. The minimum absolute atomic E-state index is 0.0717. The Bertz CT molecular complexity index is 965. The molecule has 0 spiro atoms. The summed E-state index contributed by atoms with van der Waals surface area (Å²) in [5, 5.41) is 10.3. The number of aromatic nitrogens is 3. The van der Waals surface area contributed by atoms with Gasteiger partial charge in [0.25, 0.3) is 5.91 Å². The Morgan fingerprint density at radius 3 is 2.77 bits per heavy atom. The van der Waals surface area contributed by atoms with Crippen LogP contribution in [0.2, 0.25) is 0 Å². The Hall–Kier alpha value is -3.24. The van der Waals surface area contributed by atoms with Crippen molar-refractivity contribution in [2.45, 2.75) is 39.5 Å². The van der Waals surface area contributed by atoms with Crippen molar-refractivity contribution in [2.24, 2.45) is 0 Å². The number of ether oxygens (including phenoxy) is 1. The average Bonchev–Trinajstić information content (AvgIpc) is 2.97. The molecule has 1 aliphatic rings. The zero-order chi connectivity index (χ0) is 21.9. The van der Waals surface area contributed by atoms with Crippen molar-refractivity contribution in [1.82, 2.24) is 25.4 Å². The highest BCUT2D eigenvalue weighted by molar-refractivity contribution is 5.98. The first-order chi connectivity index (χ1) is 14.2. The van der Waals surface area contributed by atoms with Crippen molar-refractivity contribution in [3.63, 3.8) is 0 Å². The van der Waals surface area contributed by atoms with E-state index in [0.29, 0.717) is 34.6 Å². The predicted octanol–water partition coefficient (Wildman–Crippen LogP) is 1.96. The molecule has 0 saturated carbocycles. The van der Waals surface area contributed by atoms with Crippen LogP contribution in [-0.4, -0.2) is 51.2 Å². The predicted molar refractivity (Wildman–Crippen MR) is 98.5 cm³/mol. The van der Waals surface area contributed by atoms with Crippen molar-refractivity contribution in [3.8, 4) is 5.88 Å². The summed E-state index contributed by atoms with van der Waals surface area (Å²) in [6.07, 6.45) is -2.91. The largest absolute Gasteiger partial charge is 0.467 e. The van der Waals surface area contributed by atoms with E-state index in [9.17, 15) is 22.8 Å². The summed E-state index contributed by atoms with van der Waals surface area (Å²) in [5.74, 6) is -0.623. The van der Waals surface area contributed by atoms with E-state index in [2.05, 4.69) is 25.2 Å². The SMILES string of the molecule is CCNC(=O)Cc1nccc2c1CN(Cc1cc(C)c(OCC(F)(F)F)nn1)C2=O. The monoisotopic (exact) mass is 423 g/mol. The van der Waals surface area contributed by atoms with Gasteiger partial charge in [0.2, 0.25) is 11.8 Å². The molecule has 1 aliphatic heterocycles. The van der Waals surface area contributed by atoms with Crippen LogP contribution in [0, 0.1) is 6.92 Å². The molecule has 0 atom stereocenters. The van der Waals surface area contributed by atoms with E-state index in [-0.39, 0.29) is 37.2 Å². The lowest BCUT2D eigenvalue weighted by molar-refractivity contribution is -0.154. The molecule has 0 aliphatic carbocycles. The summed E-state index contributed by atoms with van der Waals surface area (Å²) in [5.41, 5.74) is 2.48. The van der Waals surface area contributed by atoms with Gasteiger partial charge in [-0.15, -0.1) is 10.2 Å². The lowest BCUT2D eigenvalue weighted by Crippen LogP contribution is -2.25. The topological polar surface area (TPSA) is 97.3 Å². The van der Waals surface area contributed by atoms with Crippen molar-refractivity contribution in [1.29, 1.82) is 0 Å². The molecule has 0 unspecified atom stereocenters. The van der Waals surface area contributed by atoms with Gasteiger partial charge in [0, 0.05) is 36.0 Å². The number of fused-ring (bicyclic) bond motifs is 1. The summed E-state index contributed by atoms with van der Waals surface area (Å²) in [6.45, 7) is 2.78.